The molecule has 1 atom stereocenters. The van der Waals surface area contributed by atoms with E-state index in [0.29, 0.717) is 31.3 Å². The molecule has 0 saturated heterocycles. The molecule has 4 aliphatic heterocycles. The number of nitriles is 1. The van der Waals surface area contributed by atoms with Gasteiger partial charge in [-0.15, -0.1) is 0 Å². The summed E-state index contributed by atoms with van der Waals surface area (Å²) in [5.74, 6) is 1.52. The summed E-state index contributed by atoms with van der Waals surface area (Å²) in [5.41, 5.74) is 10.9. The van der Waals surface area contributed by atoms with Crippen LogP contribution in [0.25, 0.3) is 5.70 Å². The number of aryl methyl sites for hydroxylation is 1. The Bertz CT molecular complexity index is 1300. The molecule has 1 amide bonds. The fourth-order valence-corrected chi connectivity index (χ4v) is 5.25. The maximum Gasteiger partial charge on any atom is 0.244 e. The van der Waals surface area contributed by atoms with E-state index in [1.165, 1.54) is 0 Å². The number of fused-ring (bicyclic) bond motifs is 6. The Kier molecular flexibility index (Phi) is 3.84. The lowest BCUT2D eigenvalue weighted by molar-refractivity contribution is -0.118. The van der Waals surface area contributed by atoms with Crippen LogP contribution in [0.4, 0.5) is 5.69 Å². The maximum absolute atomic E-state index is 13.5. The zero-order valence-electron chi connectivity index (χ0n) is 17.7. The number of ether oxygens (including phenoxy) is 2. The minimum absolute atomic E-state index is 0.255. The molecule has 0 radical (unpaired) electrons. The van der Waals surface area contributed by atoms with Gasteiger partial charge in [-0.2, -0.15) is 5.26 Å². The van der Waals surface area contributed by atoms with Gasteiger partial charge in [0.2, 0.25) is 5.91 Å². The van der Waals surface area contributed by atoms with E-state index in [4.69, 9.17) is 15.2 Å². The number of nitrogens with zero attached hydrogens (tertiary/aromatic N) is 2. The number of carbonyl (C=O) groups excluding carboxylic acids is 1. The van der Waals surface area contributed by atoms with Gasteiger partial charge in [-0.05, 0) is 42.7 Å². The first kappa shape index (κ1) is 18.8. The molecule has 7 heteroatoms. The topological polar surface area (TPSA) is 101 Å². The fourth-order valence-electron chi connectivity index (χ4n) is 5.25. The number of hydrogen-bond donors (Lipinski definition) is 2. The lowest BCUT2D eigenvalue weighted by Gasteiger charge is -2.41. The summed E-state index contributed by atoms with van der Waals surface area (Å²) >= 11 is 0. The van der Waals surface area contributed by atoms with Crippen LogP contribution in [-0.4, -0.2) is 30.6 Å². The maximum atomic E-state index is 13.5. The first-order chi connectivity index (χ1) is 15.5. The van der Waals surface area contributed by atoms with Crippen molar-refractivity contribution >= 4 is 17.3 Å². The molecule has 0 unspecified atom stereocenters. The third-order valence-corrected chi connectivity index (χ3v) is 6.85. The summed E-state index contributed by atoms with van der Waals surface area (Å²) in [6.45, 7) is 3.78. The molecular formula is C25H22N4O3. The van der Waals surface area contributed by atoms with E-state index in [-0.39, 0.29) is 11.5 Å². The van der Waals surface area contributed by atoms with Crippen molar-refractivity contribution in [2.75, 3.05) is 25.1 Å². The molecule has 0 aromatic heterocycles. The predicted octanol–water partition coefficient (Wildman–Crippen LogP) is 2.95. The lowest BCUT2D eigenvalue weighted by Crippen LogP contribution is -2.45. The average Bonchev–Trinajstić information content (AvgIpc) is 2.93. The first-order valence-electron chi connectivity index (χ1n) is 10.8. The van der Waals surface area contributed by atoms with Gasteiger partial charge in [0.25, 0.3) is 0 Å². The summed E-state index contributed by atoms with van der Waals surface area (Å²) in [6.07, 6.45) is 3.48. The summed E-state index contributed by atoms with van der Waals surface area (Å²) in [5, 5.41) is 13.1. The molecule has 3 N–H and O–H groups in total. The van der Waals surface area contributed by atoms with Gasteiger partial charge in [0, 0.05) is 35.5 Å². The van der Waals surface area contributed by atoms with Gasteiger partial charge >= 0.3 is 0 Å². The lowest BCUT2D eigenvalue weighted by atomic mass is 9.71. The second-order valence-electron chi connectivity index (χ2n) is 8.57. The Morgan fingerprint density at radius 1 is 1.22 bits per heavy atom. The van der Waals surface area contributed by atoms with E-state index in [9.17, 15) is 10.1 Å². The van der Waals surface area contributed by atoms with E-state index >= 15 is 0 Å². The number of rotatable bonds is 0. The van der Waals surface area contributed by atoms with Crippen LogP contribution in [0.1, 0.15) is 28.7 Å². The van der Waals surface area contributed by atoms with Gasteiger partial charge in [0.05, 0.1) is 18.8 Å². The number of nitrogens with one attached hydrogen (secondary N) is 1. The van der Waals surface area contributed by atoms with Gasteiger partial charge in [0.1, 0.15) is 17.3 Å². The quantitative estimate of drug-likeness (QED) is 0.672. The Labute approximate surface area is 185 Å². The zero-order valence-corrected chi connectivity index (χ0v) is 17.7. The summed E-state index contributed by atoms with van der Waals surface area (Å²) in [7, 11) is 0. The van der Waals surface area contributed by atoms with Crippen LogP contribution in [0.15, 0.2) is 47.8 Å². The average molecular weight is 426 g/mol. The van der Waals surface area contributed by atoms with E-state index in [1.54, 1.807) is 0 Å². The van der Waals surface area contributed by atoms with Gasteiger partial charge in [-0.1, -0.05) is 18.2 Å². The van der Waals surface area contributed by atoms with Crippen LogP contribution in [0.2, 0.25) is 0 Å². The minimum atomic E-state index is -1.26. The normalized spacial score (nSPS) is 22.9. The standard InChI is InChI=1S/C25H22N4O3/c1-14-4-2-5-17-22(14)28-24(30)25(17)12-19-16-11-21-20(31-8-3-9-32-21)10-15(16)6-7-29(19)23(27)18(25)13-26/h2,4-5,10-12H,3,6-9,27H2,1H3,(H,28,30)/t25-/m1/s1. The van der Waals surface area contributed by atoms with Crippen molar-refractivity contribution in [2.45, 2.75) is 25.2 Å². The molecule has 2 aromatic carbocycles. The number of anilines is 1. The third kappa shape index (κ3) is 2.32. The molecule has 2 aromatic rings. The zero-order chi connectivity index (χ0) is 22.0. The highest BCUT2D eigenvalue weighted by Crippen LogP contribution is 2.52. The molecule has 0 bridgehead atoms. The SMILES string of the molecule is Cc1cccc2c1NC(=O)[C@]21C=C2c3cc4c(cc3CCN2C(N)=C1C#N)OCCCO4. The largest absolute Gasteiger partial charge is 0.490 e. The van der Waals surface area contributed by atoms with Gasteiger partial charge in [0.15, 0.2) is 11.5 Å². The van der Waals surface area contributed by atoms with Crippen LogP contribution < -0.4 is 20.5 Å². The molecule has 4 aliphatic rings. The number of carbonyl (C=O) groups is 1. The van der Waals surface area contributed by atoms with Crippen LogP contribution in [0, 0.1) is 18.3 Å². The Hall–Kier alpha value is -3.92. The smallest absolute Gasteiger partial charge is 0.244 e. The second-order valence-corrected chi connectivity index (χ2v) is 8.57. The van der Waals surface area contributed by atoms with Crippen molar-refractivity contribution in [3.8, 4) is 17.6 Å². The fraction of sp³-hybridized carbons (Fsp3) is 0.280. The number of hydrogen-bond acceptors (Lipinski definition) is 6. The molecular weight excluding hydrogens is 404 g/mol. The van der Waals surface area contributed by atoms with Gasteiger partial charge < -0.3 is 25.4 Å². The first-order valence-corrected chi connectivity index (χ1v) is 10.8. The molecule has 0 aliphatic carbocycles. The van der Waals surface area contributed by atoms with Crippen LogP contribution in [0.3, 0.4) is 0 Å². The van der Waals surface area contributed by atoms with Crippen LogP contribution >= 0.6 is 0 Å². The van der Waals surface area contributed by atoms with E-state index < -0.39 is 5.41 Å². The Morgan fingerprint density at radius 2 is 2.00 bits per heavy atom. The van der Waals surface area contributed by atoms with Crippen molar-refractivity contribution in [2.24, 2.45) is 5.73 Å². The summed E-state index contributed by atoms with van der Waals surface area (Å²) in [6, 6.07) is 12.0. The Morgan fingerprint density at radius 3 is 2.78 bits per heavy atom. The second kappa shape index (κ2) is 6.54. The van der Waals surface area contributed by atoms with Crippen molar-refractivity contribution in [1.29, 1.82) is 5.26 Å². The van der Waals surface area contributed by atoms with Crippen molar-refractivity contribution in [3.05, 3.63) is 70.1 Å². The molecule has 6 rings (SSSR count). The van der Waals surface area contributed by atoms with Crippen molar-refractivity contribution in [3.63, 3.8) is 0 Å². The molecule has 1 spiro atoms. The molecule has 160 valence electrons. The highest BCUT2D eigenvalue weighted by Gasteiger charge is 2.53. The van der Waals surface area contributed by atoms with Crippen LogP contribution in [0.5, 0.6) is 11.5 Å². The monoisotopic (exact) mass is 426 g/mol. The predicted molar refractivity (Wildman–Crippen MR) is 119 cm³/mol. The van der Waals surface area contributed by atoms with Crippen LogP contribution in [-0.2, 0) is 16.6 Å². The number of amides is 1. The minimum Gasteiger partial charge on any atom is -0.490 e. The number of benzene rings is 2. The number of para-hydroxylation sites is 1. The summed E-state index contributed by atoms with van der Waals surface area (Å²) < 4.78 is 11.8. The summed E-state index contributed by atoms with van der Waals surface area (Å²) in [4.78, 5) is 15.4. The Balaban J connectivity index is 1.61. The molecule has 0 saturated carbocycles. The highest BCUT2D eigenvalue weighted by atomic mass is 16.5. The van der Waals surface area contributed by atoms with Gasteiger partial charge in [-0.25, -0.2) is 0 Å². The van der Waals surface area contributed by atoms with E-state index in [0.717, 1.165) is 52.2 Å². The van der Waals surface area contributed by atoms with E-state index in [1.807, 2.05) is 48.2 Å². The molecule has 7 nitrogen and oxygen atoms in total. The van der Waals surface area contributed by atoms with Crippen molar-refractivity contribution in [1.82, 2.24) is 4.90 Å². The van der Waals surface area contributed by atoms with Crippen molar-refractivity contribution < 1.29 is 14.3 Å². The molecule has 4 heterocycles. The third-order valence-electron chi connectivity index (χ3n) is 6.85. The molecule has 0 fully saturated rings. The highest BCUT2D eigenvalue weighted by molar-refractivity contribution is 6.13. The molecule has 32 heavy (non-hydrogen) atoms. The number of nitrogens with two attached hydrogens (primary N) is 1. The van der Waals surface area contributed by atoms with E-state index in [2.05, 4.69) is 11.4 Å². The van der Waals surface area contributed by atoms with Gasteiger partial charge in [-0.3, -0.25) is 4.79 Å².